The summed E-state index contributed by atoms with van der Waals surface area (Å²) in [6.07, 6.45) is 2.98. The molecule has 2 nitrogen and oxygen atoms in total. The van der Waals surface area contributed by atoms with Gasteiger partial charge in [0, 0.05) is 11.1 Å². The summed E-state index contributed by atoms with van der Waals surface area (Å²) in [5.41, 5.74) is 9.98. The number of hydrogen-bond donors (Lipinski definition) is 1. The van der Waals surface area contributed by atoms with Crippen molar-refractivity contribution < 1.29 is 4.74 Å². The first-order chi connectivity index (χ1) is 9.72. The highest BCUT2D eigenvalue weighted by Gasteiger charge is 2.14. The molecule has 20 heavy (non-hydrogen) atoms. The molecular weight excluding hydrogens is 270 g/mol. The summed E-state index contributed by atoms with van der Waals surface area (Å²) >= 11 is 5.90. The summed E-state index contributed by atoms with van der Waals surface area (Å²) in [6, 6.07) is 14.2. The number of ether oxygens (including phenoxy) is 1. The van der Waals surface area contributed by atoms with E-state index in [2.05, 4.69) is 12.1 Å². The Balaban J connectivity index is 1.76. The van der Waals surface area contributed by atoms with Gasteiger partial charge in [-0.3, -0.25) is 0 Å². The predicted molar refractivity (Wildman–Crippen MR) is 82.3 cm³/mol. The highest BCUT2D eigenvalue weighted by atomic mass is 35.5. The van der Waals surface area contributed by atoms with E-state index >= 15 is 0 Å². The van der Waals surface area contributed by atoms with Crippen molar-refractivity contribution >= 4 is 11.6 Å². The number of hydrogen-bond acceptors (Lipinski definition) is 2. The topological polar surface area (TPSA) is 35.2 Å². The maximum atomic E-state index is 6.32. The molecule has 3 rings (SSSR count). The summed E-state index contributed by atoms with van der Waals surface area (Å²) in [5.74, 6) is 1.01. The molecule has 0 amide bonds. The molecule has 0 saturated heterocycles. The van der Waals surface area contributed by atoms with Gasteiger partial charge in [0.1, 0.15) is 5.75 Å². The van der Waals surface area contributed by atoms with Crippen LogP contribution in [0.4, 0.5) is 0 Å². The van der Waals surface area contributed by atoms with E-state index in [1.165, 1.54) is 16.7 Å². The van der Waals surface area contributed by atoms with Crippen molar-refractivity contribution in [1.29, 1.82) is 0 Å². The van der Waals surface area contributed by atoms with Crippen molar-refractivity contribution in [2.45, 2.75) is 25.3 Å². The van der Waals surface area contributed by atoms with Crippen LogP contribution in [0, 0.1) is 0 Å². The lowest BCUT2D eigenvalue weighted by Gasteiger charge is -2.20. The molecule has 1 atom stereocenters. The maximum absolute atomic E-state index is 6.32. The predicted octanol–water partition coefficient (Wildman–Crippen LogP) is 3.91. The molecule has 0 saturated carbocycles. The fourth-order valence-electron chi connectivity index (χ4n) is 2.60. The fraction of sp³-hybridized carbons (Fsp3) is 0.294. The molecule has 0 aromatic heterocycles. The van der Waals surface area contributed by atoms with Crippen molar-refractivity contribution in [2.24, 2.45) is 5.73 Å². The highest BCUT2D eigenvalue weighted by molar-refractivity contribution is 6.30. The monoisotopic (exact) mass is 287 g/mol. The van der Waals surface area contributed by atoms with Gasteiger partial charge in [-0.15, -0.1) is 0 Å². The van der Waals surface area contributed by atoms with Crippen LogP contribution < -0.4 is 10.5 Å². The van der Waals surface area contributed by atoms with Gasteiger partial charge in [0.05, 0.1) is 6.61 Å². The van der Waals surface area contributed by atoms with Gasteiger partial charge in [-0.25, -0.2) is 0 Å². The molecule has 0 bridgehead atoms. The number of halogens is 1. The van der Waals surface area contributed by atoms with Gasteiger partial charge < -0.3 is 10.5 Å². The summed E-state index contributed by atoms with van der Waals surface area (Å²) in [6.45, 7) is 0.823. The quantitative estimate of drug-likeness (QED) is 0.929. The Morgan fingerprint density at radius 2 is 1.95 bits per heavy atom. The first-order valence-corrected chi connectivity index (χ1v) is 7.36. The molecule has 104 valence electrons. The molecule has 0 fully saturated rings. The molecule has 2 N–H and O–H groups in total. The number of fused-ring (bicyclic) bond motifs is 1. The SMILES string of the molecule is NC(Cc1ccc(Cl)cc1)c1ccc2c(c1)CCCO2. The van der Waals surface area contributed by atoms with E-state index in [0.29, 0.717) is 0 Å². The van der Waals surface area contributed by atoms with Crippen LogP contribution in [0.25, 0.3) is 0 Å². The van der Waals surface area contributed by atoms with Gasteiger partial charge in [0.2, 0.25) is 0 Å². The van der Waals surface area contributed by atoms with Gasteiger partial charge in [-0.1, -0.05) is 35.9 Å². The van der Waals surface area contributed by atoms with Gasteiger partial charge in [0.15, 0.2) is 0 Å². The zero-order valence-electron chi connectivity index (χ0n) is 11.3. The Morgan fingerprint density at radius 3 is 2.75 bits per heavy atom. The van der Waals surface area contributed by atoms with Crippen LogP contribution >= 0.6 is 11.6 Å². The molecule has 0 aliphatic carbocycles. The van der Waals surface area contributed by atoms with Crippen LogP contribution in [0.3, 0.4) is 0 Å². The van der Waals surface area contributed by atoms with E-state index in [1.54, 1.807) is 0 Å². The largest absolute Gasteiger partial charge is 0.493 e. The Kier molecular flexibility index (Phi) is 3.95. The van der Waals surface area contributed by atoms with Crippen LogP contribution in [-0.2, 0) is 12.8 Å². The third-order valence-electron chi connectivity index (χ3n) is 3.73. The third-order valence-corrected chi connectivity index (χ3v) is 3.98. The number of rotatable bonds is 3. The van der Waals surface area contributed by atoms with Crippen LogP contribution in [0.5, 0.6) is 5.75 Å². The van der Waals surface area contributed by atoms with E-state index in [0.717, 1.165) is 36.6 Å². The van der Waals surface area contributed by atoms with Gasteiger partial charge in [-0.05, 0) is 54.2 Å². The first-order valence-electron chi connectivity index (χ1n) is 6.98. The maximum Gasteiger partial charge on any atom is 0.122 e. The van der Waals surface area contributed by atoms with Crippen LogP contribution in [0.1, 0.15) is 29.2 Å². The second-order valence-corrected chi connectivity index (χ2v) is 5.69. The van der Waals surface area contributed by atoms with E-state index in [4.69, 9.17) is 22.1 Å². The smallest absolute Gasteiger partial charge is 0.122 e. The summed E-state index contributed by atoms with van der Waals surface area (Å²) in [7, 11) is 0. The van der Waals surface area contributed by atoms with Crippen molar-refractivity contribution in [2.75, 3.05) is 6.61 Å². The Labute approximate surface area is 124 Å². The molecule has 1 unspecified atom stereocenters. The number of aryl methyl sites for hydroxylation is 1. The summed E-state index contributed by atoms with van der Waals surface area (Å²) < 4.78 is 5.63. The van der Waals surface area contributed by atoms with E-state index < -0.39 is 0 Å². The third kappa shape index (κ3) is 2.97. The van der Waals surface area contributed by atoms with E-state index in [9.17, 15) is 0 Å². The second-order valence-electron chi connectivity index (χ2n) is 5.26. The second kappa shape index (κ2) is 5.86. The van der Waals surface area contributed by atoms with Crippen LogP contribution in [0.15, 0.2) is 42.5 Å². The lowest BCUT2D eigenvalue weighted by molar-refractivity contribution is 0.288. The summed E-state index contributed by atoms with van der Waals surface area (Å²) in [5, 5.41) is 0.758. The molecular formula is C17H18ClNO. The molecule has 0 radical (unpaired) electrons. The van der Waals surface area contributed by atoms with Crippen LogP contribution in [-0.4, -0.2) is 6.61 Å². The zero-order valence-corrected chi connectivity index (χ0v) is 12.1. The van der Waals surface area contributed by atoms with Gasteiger partial charge in [0.25, 0.3) is 0 Å². The van der Waals surface area contributed by atoms with Gasteiger partial charge in [-0.2, -0.15) is 0 Å². The van der Waals surface area contributed by atoms with Crippen molar-refractivity contribution in [3.8, 4) is 5.75 Å². The highest BCUT2D eigenvalue weighted by Crippen LogP contribution is 2.28. The Bertz CT molecular complexity index is 594. The van der Waals surface area contributed by atoms with Gasteiger partial charge >= 0.3 is 0 Å². The minimum Gasteiger partial charge on any atom is -0.493 e. The molecule has 0 spiro atoms. The minimum absolute atomic E-state index is 0.00315. The minimum atomic E-state index is 0.00315. The molecule has 1 aliphatic heterocycles. The molecule has 2 aromatic rings. The Morgan fingerprint density at radius 1 is 1.15 bits per heavy atom. The van der Waals surface area contributed by atoms with E-state index in [-0.39, 0.29) is 6.04 Å². The van der Waals surface area contributed by atoms with Crippen molar-refractivity contribution in [3.63, 3.8) is 0 Å². The zero-order chi connectivity index (χ0) is 13.9. The number of benzene rings is 2. The average Bonchev–Trinajstić information content (AvgIpc) is 2.49. The van der Waals surface area contributed by atoms with Crippen molar-refractivity contribution in [1.82, 2.24) is 0 Å². The normalized spacial score (nSPS) is 15.3. The average molecular weight is 288 g/mol. The van der Waals surface area contributed by atoms with Crippen LogP contribution in [0.2, 0.25) is 5.02 Å². The van der Waals surface area contributed by atoms with Crippen molar-refractivity contribution in [3.05, 3.63) is 64.2 Å². The number of nitrogens with two attached hydrogens (primary N) is 1. The molecule has 1 aliphatic rings. The standard InChI is InChI=1S/C17H18ClNO/c18-15-6-3-12(4-7-15)10-16(19)13-5-8-17-14(11-13)2-1-9-20-17/h3-8,11,16H,1-2,9-10,19H2. The Hall–Kier alpha value is -1.51. The first kappa shape index (κ1) is 13.5. The lowest BCUT2D eigenvalue weighted by Crippen LogP contribution is -2.15. The molecule has 2 aromatic carbocycles. The molecule has 3 heteroatoms. The molecule has 1 heterocycles. The van der Waals surface area contributed by atoms with E-state index in [1.807, 2.05) is 30.3 Å². The summed E-state index contributed by atoms with van der Waals surface area (Å²) in [4.78, 5) is 0. The fourth-order valence-corrected chi connectivity index (χ4v) is 2.73. The lowest BCUT2D eigenvalue weighted by atomic mass is 9.96.